The first-order chi connectivity index (χ1) is 9.10. The van der Waals surface area contributed by atoms with Gasteiger partial charge in [0.15, 0.2) is 0 Å². The van der Waals surface area contributed by atoms with Crippen LogP contribution in [0.25, 0.3) is 0 Å². The zero-order chi connectivity index (χ0) is 15.5. The van der Waals surface area contributed by atoms with Crippen molar-refractivity contribution in [3.8, 4) is 0 Å². The highest BCUT2D eigenvalue weighted by Crippen LogP contribution is 2.14. The fourth-order valence-electron chi connectivity index (χ4n) is 1.58. The van der Waals surface area contributed by atoms with Gasteiger partial charge in [0.2, 0.25) is 0 Å². The Bertz CT molecular complexity index is 489. The van der Waals surface area contributed by atoms with Crippen LogP contribution in [0.4, 0.5) is 0 Å². The minimum absolute atomic E-state index is 0.0628. The van der Waals surface area contributed by atoms with Gasteiger partial charge in [-0.15, -0.1) is 0 Å². The van der Waals surface area contributed by atoms with Crippen molar-refractivity contribution in [3.05, 3.63) is 22.4 Å². The van der Waals surface area contributed by atoms with Gasteiger partial charge in [0.05, 0.1) is 0 Å². The molecule has 0 saturated heterocycles. The van der Waals surface area contributed by atoms with Crippen molar-refractivity contribution < 1.29 is 14.3 Å². The highest BCUT2D eigenvalue weighted by Gasteiger charge is 2.29. The highest BCUT2D eigenvalue weighted by molar-refractivity contribution is 9.10. The van der Waals surface area contributed by atoms with Gasteiger partial charge in [-0.1, -0.05) is 13.8 Å². The molecule has 0 fully saturated rings. The first-order valence-corrected chi connectivity index (χ1v) is 7.27. The maximum atomic E-state index is 12.1. The fraction of sp³-hybridized carbons (Fsp3) is 0.571. The van der Waals surface area contributed by atoms with Gasteiger partial charge in [0, 0.05) is 10.7 Å². The monoisotopic (exact) mass is 344 g/mol. The third-order valence-electron chi connectivity index (χ3n) is 2.51. The second kappa shape index (κ2) is 6.43. The molecule has 0 aliphatic rings. The van der Waals surface area contributed by atoms with E-state index >= 15 is 0 Å². The van der Waals surface area contributed by atoms with Crippen molar-refractivity contribution >= 4 is 27.8 Å². The number of carbonyl (C=O) groups is 2. The number of nitrogens with one attached hydrogen (secondary N) is 2. The standard InChI is InChI=1S/C14H21BrN2O3/c1-8(2)11(13(19)20-14(3,4)5)17-12(18)10-6-9(15)7-16-10/h6-8,11,16H,1-5H3,(H,17,18)/t11-/m0/s1. The molecule has 0 spiro atoms. The van der Waals surface area contributed by atoms with E-state index in [0.717, 1.165) is 4.47 Å². The van der Waals surface area contributed by atoms with Crippen molar-refractivity contribution in [2.45, 2.75) is 46.3 Å². The molecule has 0 saturated carbocycles. The SMILES string of the molecule is CC(C)[C@H](NC(=O)c1cc(Br)c[nH]1)C(=O)OC(C)(C)C. The van der Waals surface area contributed by atoms with Crippen LogP contribution >= 0.6 is 15.9 Å². The third kappa shape index (κ3) is 5.00. The Balaban J connectivity index is 2.77. The molecule has 0 bridgehead atoms. The number of aromatic amines is 1. The smallest absolute Gasteiger partial charge is 0.329 e. The molecule has 1 rings (SSSR count). The average Bonchev–Trinajstić information content (AvgIpc) is 2.69. The van der Waals surface area contributed by atoms with Gasteiger partial charge in [-0.2, -0.15) is 0 Å². The van der Waals surface area contributed by atoms with Crippen LogP contribution in [0.1, 0.15) is 45.1 Å². The Morgan fingerprint density at radius 3 is 2.35 bits per heavy atom. The second-order valence-electron chi connectivity index (χ2n) is 5.96. The van der Waals surface area contributed by atoms with Gasteiger partial charge in [0.1, 0.15) is 17.3 Å². The molecule has 1 aromatic heterocycles. The van der Waals surface area contributed by atoms with E-state index in [-0.39, 0.29) is 11.8 Å². The number of carbonyl (C=O) groups excluding carboxylic acids is 2. The molecule has 0 aliphatic carbocycles. The van der Waals surface area contributed by atoms with Crippen LogP contribution in [0.15, 0.2) is 16.7 Å². The number of rotatable bonds is 4. The lowest BCUT2D eigenvalue weighted by Gasteiger charge is -2.26. The maximum Gasteiger partial charge on any atom is 0.329 e. The summed E-state index contributed by atoms with van der Waals surface area (Å²) in [7, 11) is 0. The molecule has 1 aromatic rings. The summed E-state index contributed by atoms with van der Waals surface area (Å²) in [6.07, 6.45) is 1.66. The summed E-state index contributed by atoms with van der Waals surface area (Å²) in [5, 5.41) is 2.70. The number of H-pyrrole nitrogens is 1. The topological polar surface area (TPSA) is 71.2 Å². The molecular formula is C14H21BrN2O3. The molecule has 1 amide bonds. The van der Waals surface area contributed by atoms with E-state index in [4.69, 9.17) is 4.74 Å². The van der Waals surface area contributed by atoms with Crippen molar-refractivity contribution in [1.29, 1.82) is 0 Å². The predicted molar refractivity (Wildman–Crippen MR) is 80.4 cm³/mol. The van der Waals surface area contributed by atoms with Gasteiger partial charge in [-0.3, -0.25) is 4.79 Å². The van der Waals surface area contributed by atoms with Gasteiger partial charge >= 0.3 is 5.97 Å². The first-order valence-electron chi connectivity index (χ1n) is 6.48. The van der Waals surface area contributed by atoms with Crippen molar-refractivity contribution in [2.75, 3.05) is 0 Å². The second-order valence-corrected chi connectivity index (χ2v) is 6.88. The van der Waals surface area contributed by atoms with E-state index in [1.54, 1.807) is 33.0 Å². The maximum absolute atomic E-state index is 12.1. The Labute approximate surface area is 127 Å². The Morgan fingerprint density at radius 1 is 1.35 bits per heavy atom. The van der Waals surface area contributed by atoms with Gasteiger partial charge < -0.3 is 15.0 Å². The zero-order valence-corrected chi connectivity index (χ0v) is 14.0. The number of esters is 1. The van der Waals surface area contributed by atoms with Crippen LogP contribution in [-0.2, 0) is 9.53 Å². The molecule has 112 valence electrons. The molecule has 20 heavy (non-hydrogen) atoms. The molecule has 1 heterocycles. The molecule has 0 aliphatic heterocycles. The summed E-state index contributed by atoms with van der Waals surface area (Å²) in [5.41, 5.74) is -0.184. The molecule has 6 heteroatoms. The lowest BCUT2D eigenvalue weighted by atomic mass is 10.0. The van der Waals surface area contributed by atoms with Crippen LogP contribution in [-0.4, -0.2) is 28.5 Å². The predicted octanol–water partition coefficient (Wildman–Crippen LogP) is 2.87. The molecule has 1 atom stereocenters. The van der Waals surface area contributed by atoms with Crippen LogP contribution in [0.5, 0.6) is 0 Å². The number of ether oxygens (including phenoxy) is 1. The fourth-order valence-corrected chi connectivity index (χ4v) is 1.92. The number of amides is 1. The van der Waals surface area contributed by atoms with E-state index in [9.17, 15) is 9.59 Å². The van der Waals surface area contributed by atoms with Crippen LogP contribution in [0.3, 0.4) is 0 Å². The largest absolute Gasteiger partial charge is 0.458 e. The van der Waals surface area contributed by atoms with Crippen molar-refractivity contribution in [1.82, 2.24) is 10.3 Å². The summed E-state index contributed by atoms with van der Waals surface area (Å²) in [6, 6.07) is 0.978. The van der Waals surface area contributed by atoms with Gasteiger partial charge in [-0.25, -0.2) is 4.79 Å². The Hall–Kier alpha value is -1.30. The summed E-state index contributed by atoms with van der Waals surface area (Å²) >= 11 is 3.26. The lowest BCUT2D eigenvalue weighted by Crippen LogP contribution is -2.47. The molecule has 5 nitrogen and oxygen atoms in total. The molecule has 0 unspecified atom stereocenters. The van der Waals surface area contributed by atoms with E-state index in [0.29, 0.717) is 5.69 Å². The van der Waals surface area contributed by atoms with E-state index in [1.807, 2.05) is 13.8 Å². The van der Waals surface area contributed by atoms with Crippen molar-refractivity contribution in [2.24, 2.45) is 5.92 Å². The number of aromatic nitrogens is 1. The van der Waals surface area contributed by atoms with Crippen LogP contribution in [0.2, 0.25) is 0 Å². The van der Waals surface area contributed by atoms with E-state index in [1.165, 1.54) is 0 Å². The average molecular weight is 345 g/mol. The normalized spacial score (nSPS) is 13.2. The minimum Gasteiger partial charge on any atom is -0.458 e. The highest BCUT2D eigenvalue weighted by atomic mass is 79.9. The molecular weight excluding hydrogens is 324 g/mol. The van der Waals surface area contributed by atoms with Crippen LogP contribution in [0, 0.1) is 5.92 Å². The molecule has 0 radical (unpaired) electrons. The van der Waals surface area contributed by atoms with E-state index in [2.05, 4.69) is 26.2 Å². The number of hydrogen-bond acceptors (Lipinski definition) is 3. The third-order valence-corrected chi connectivity index (χ3v) is 2.96. The zero-order valence-electron chi connectivity index (χ0n) is 12.4. The summed E-state index contributed by atoms with van der Waals surface area (Å²) in [4.78, 5) is 27.0. The van der Waals surface area contributed by atoms with Crippen LogP contribution < -0.4 is 5.32 Å². The van der Waals surface area contributed by atoms with Gasteiger partial charge in [-0.05, 0) is 48.7 Å². The Kier molecular flexibility index (Phi) is 5.39. The first kappa shape index (κ1) is 16.8. The van der Waals surface area contributed by atoms with Crippen molar-refractivity contribution in [3.63, 3.8) is 0 Å². The summed E-state index contributed by atoms with van der Waals surface area (Å²) < 4.78 is 6.11. The lowest BCUT2D eigenvalue weighted by molar-refractivity contribution is -0.158. The summed E-state index contributed by atoms with van der Waals surface area (Å²) in [6.45, 7) is 9.11. The Morgan fingerprint density at radius 2 is 1.95 bits per heavy atom. The molecule has 2 N–H and O–H groups in total. The molecule has 0 aromatic carbocycles. The van der Waals surface area contributed by atoms with Gasteiger partial charge in [0.25, 0.3) is 5.91 Å². The number of halogens is 1. The minimum atomic E-state index is -0.677. The summed E-state index contributed by atoms with van der Waals surface area (Å²) in [5.74, 6) is -0.820. The quantitative estimate of drug-likeness (QED) is 0.825. The number of hydrogen-bond donors (Lipinski definition) is 2. The van der Waals surface area contributed by atoms with E-state index < -0.39 is 17.6 Å².